The number of urea groups is 1. The number of thiophene rings is 1. The molecule has 1 rings (SSSR count). The van der Waals surface area contributed by atoms with E-state index >= 15 is 0 Å². The Morgan fingerprint density at radius 3 is 2.76 bits per heavy atom. The molecule has 1 aromatic heterocycles. The van der Waals surface area contributed by atoms with Gasteiger partial charge in [-0.25, -0.2) is 9.59 Å². The maximum Gasteiger partial charge on any atom is 0.326 e. The molecule has 0 spiro atoms. The summed E-state index contributed by atoms with van der Waals surface area (Å²) in [6, 6.07) is 2.49. The topological polar surface area (TPSA) is 78.9 Å². The molecule has 0 saturated heterocycles. The van der Waals surface area contributed by atoms with E-state index in [4.69, 9.17) is 9.84 Å². The molecule has 0 aliphatic heterocycles. The zero-order valence-electron chi connectivity index (χ0n) is 12.5. The van der Waals surface area contributed by atoms with Gasteiger partial charge >= 0.3 is 12.0 Å². The Morgan fingerprint density at radius 2 is 2.24 bits per heavy atom. The molecule has 0 radical (unpaired) electrons. The van der Waals surface area contributed by atoms with E-state index in [9.17, 15) is 9.59 Å². The first-order valence-corrected chi connectivity index (χ1v) is 7.63. The van der Waals surface area contributed by atoms with E-state index in [1.54, 1.807) is 25.5 Å². The number of aliphatic carboxylic acids is 1. The van der Waals surface area contributed by atoms with Crippen LogP contribution in [0.15, 0.2) is 17.5 Å². The average molecular weight is 314 g/mol. The summed E-state index contributed by atoms with van der Waals surface area (Å²) in [7, 11) is 3.22. The van der Waals surface area contributed by atoms with Gasteiger partial charge in [0.1, 0.15) is 6.04 Å². The van der Waals surface area contributed by atoms with Gasteiger partial charge in [0.15, 0.2) is 0 Å². The number of carbonyl (C=O) groups excluding carboxylic acids is 1. The van der Waals surface area contributed by atoms with E-state index in [0.29, 0.717) is 19.4 Å². The van der Waals surface area contributed by atoms with Gasteiger partial charge in [-0.2, -0.15) is 0 Å². The number of hydrogen-bond acceptors (Lipinski definition) is 4. The van der Waals surface area contributed by atoms with Gasteiger partial charge in [-0.3, -0.25) is 0 Å². The first-order valence-electron chi connectivity index (χ1n) is 6.75. The SMILES string of the molecule is COCCCC(NC(=O)N(C)C(C)c1cccs1)C(=O)O. The van der Waals surface area contributed by atoms with Crippen LogP contribution in [-0.2, 0) is 9.53 Å². The van der Waals surface area contributed by atoms with Crippen molar-refractivity contribution in [3.63, 3.8) is 0 Å². The molecule has 0 bridgehead atoms. The van der Waals surface area contributed by atoms with Crippen LogP contribution in [0.4, 0.5) is 4.79 Å². The first kappa shape index (κ1) is 17.5. The van der Waals surface area contributed by atoms with Crippen LogP contribution in [0.25, 0.3) is 0 Å². The molecule has 1 heterocycles. The lowest BCUT2D eigenvalue weighted by molar-refractivity contribution is -0.139. The number of carboxylic acids is 1. The standard InChI is InChI=1S/C14H22N2O4S/c1-10(12-7-5-9-21-12)16(2)14(19)15-11(13(17)18)6-4-8-20-3/h5,7,9-11H,4,6,8H2,1-3H3,(H,15,19)(H,17,18). The summed E-state index contributed by atoms with van der Waals surface area (Å²) in [6.45, 7) is 2.38. The number of nitrogens with one attached hydrogen (secondary N) is 1. The highest BCUT2D eigenvalue weighted by Crippen LogP contribution is 2.23. The monoisotopic (exact) mass is 314 g/mol. The van der Waals surface area contributed by atoms with Gasteiger partial charge < -0.3 is 20.1 Å². The third-order valence-corrected chi connectivity index (χ3v) is 4.34. The quantitative estimate of drug-likeness (QED) is 0.722. The predicted molar refractivity (Wildman–Crippen MR) is 81.6 cm³/mol. The normalized spacial score (nSPS) is 13.5. The summed E-state index contributed by atoms with van der Waals surface area (Å²) in [5.74, 6) is -1.03. The van der Waals surface area contributed by atoms with Gasteiger partial charge in [0.05, 0.1) is 6.04 Å². The molecule has 0 saturated carbocycles. The van der Waals surface area contributed by atoms with Crippen molar-refractivity contribution in [2.24, 2.45) is 0 Å². The minimum absolute atomic E-state index is 0.0987. The Bertz CT molecular complexity index is 450. The maximum atomic E-state index is 12.2. The number of carboxylic acid groups (broad SMARTS) is 1. The highest BCUT2D eigenvalue weighted by atomic mass is 32.1. The van der Waals surface area contributed by atoms with Crippen molar-refractivity contribution in [2.45, 2.75) is 31.8 Å². The number of methoxy groups -OCH3 is 1. The van der Waals surface area contributed by atoms with E-state index in [1.165, 1.54) is 4.90 Å². The molecule has 7 heteroatoms. The van der Waals surface area contributed by atoms with Gasteiger partial charge in [-0.05, 0) is 31.2 Å². The summed E-state index contributed by atoms with van der Waals surface area (Å²) in [4.78, 5) is 25.9. The van der Waals surface area contributed by atoms with E-state index < -0.39 is 12.0 Å². The number of carbonyl (C=O) groups is 2. The Kier molecular flexibility index (Phi) is 7.18. The van der Waals surface area contributed by atoms with Crippen LogP contribution in [0, 0.1) is 0 Å². The second-order valence-electron chi connectivity index (χ2n) is 4.78. The molecule has 2 atom stereocenters. The Balaban J connectivity index is 2.57. The summed E-state index contributed by atoms with van der Waals surface area (Å²) in [5.41, 5.74) is 0. The lowest BCUT2D eigenvalue weighted by Crippen LogP contribution is -2.47. The second-order valence-corrected chi connectivity index (χ2v) is 5.76. The molecule has 2 amide bonds. The maximum absolute atomic E-state index is 12.2. The lowest BCUT2D eigenvalue weighted by atomic mass is 10.1. The van der Waals surface area contributed by atoms with Gasteiger partial charge in [0, 0.05) is 25.6 Å². The Morgan fingerprint density at radius 1 is 1.52 bits per heavy atom. The molecule has 0 aromatic carbocycles. The molecule has 1 aromatic rings. The third-order valence-electron chi connectivity index (χ3n) is 3.29. The van der Waals surface area contributed by atoms with Gasteiger partial charge in [-0.1, -0.05) is 6.07 Å². The molecule has 0 aliphatic carbocycles. The molecule has 6 nitrogen and oxygen atoms in total. The van der Waals surface area contributed by atoms with Crippen molar-refractivity contribution in [2.75, 3.05) is 20.8 Å². The van der Waals surface area contributed by atoms with E-state index in [1.807, 2.05) is 24.4 Å². The summed E-state index contributed by atoms with van der Waals surface area (Å²) in [6.07, 6.45) is 0.925. The van der Waals surface area contributed by atoms with Crippen molar-refractivity contribution in [3.05, 3.63) is 22.4 Å². The van der Waals surface area contributed by atoms with Crippen LogP contribution in [-0.4, -0.2) is 48.8 Å². The number of amides is 2. The van der Waals surface area contributed by atoms with Gasteiger partial charge in [0.2, 0.25) is 0 Å². The summed E-state index contributed by atoms with van der Waals surface area (Å²) >= 11 is 1.56. The molecule has 21 heavy (non-hydrogen) atoms. The zero-order chi connectivity index (χ0) is 15.8. The summed E-state index contributed by atoms with van der Waals surface area (Å²) < 4.78 is 4.90. The minimum atomic E-state index is -1.03. The first-order chi connectivity index (χ1) is 9.97. The fourth-order valence-electron chi connectivity index (χ4n) is 1.84. The number of nitrogens with zero attached hydrogens (tertiary/aromatic N) is 1. The second kappa shape index (κ2) is 8.63. The average Bonchev–Trinajstić information content (AvgIpc) is 2.98. The van der Waals surface area contributed by atoms with Crippen LogP contribution >= 0.6 is 11.3 Å². The summed E-state index contributed by atoms with van der Waals surface area (Å²) in [5, 5.41) is 13.7. The van der Waals surface area contributed by atoms with Crippen molar-refractivity contribution in [1.29, 1.82) is 0 Å². The van der Waals surface area contributed by atoms with E-state index in [2.05, 4.69) is 5.32 Å². The van der Waals surface area contributed by atoms with Crippen LogP contribution < -0.4 is 5.32 Å². The third kappa shape index (κ3) is 5.35. The van der Waals surface area contributed by atoms with Crippen LogP contribution in [0.2, 0.25) is 0 Å². The Hall–Kier alpha value is -1.60. The molecular formula is C14H22N2O4S. The molecular weight excluding hydrogens is 292 g/mol. The van der Waals surface area contributed by atoms with Crippen molar-refractivity contribution in [1.82, 2.24) is 10.2 Å². The van der Waals surface area contributed by atoms with Crippen molar-refractivity contribution >= 4 is 23.3 Å². The molecule has 2 unspecified atom stereocenters. The highest BCUT2D eigenvalue weighted by molar-refractivity contribution is 7.10. The smallest absolute Gasteiger partial charge is 0.326 e. The fourth-order valence-corrected chi connectivity index (χ4v) is 2.66. The predicted octanol–water partition coefficient (Wildman–Crippen LogP) is 2.33. The molecule has 0 fully saturated rings. The van der Waals surface area contributed by atoms with Crippen LogP contribution in [0.3, 0.4) is 0 Å². The fraction of sp³-hybridized carbons (Fsp3) is 0.571. The van der Waals surface area contributed by atoms with Crippen molar-refractivity contribution < 1.29 is 19.4 Å². The molecule has 118 valence electrons. The van der Waals surface area contributed by atoms with Crippen molar-refractivity contribution in [3.8, 4) is 0 Å². The zero-order valence-corrected chi connectivity index (χ0v) is 13.4. The highest BCUT2D eigenvalue weighted by Gasteiger charge is 2.24. The van der Waals surface area contributed by atoms with Gasteiger partial charge in [0.25, 0.3) is 0 Å². The van der Waals surface area contributed by atoms with E-state index in [-0.39, 0.29) is 12.1 Å². The number of ether oxygens (including phenoxy) is 1. The lowest BCUT2D eigenvalue weighted by Gasteiger charge is -2.26. The minimum Gasteiger partial charge on any atom is -0.480 e. The number of rotatable bonds is 8. The van der Waals surface area contributed by atoms with Gasteiger partial charge in [-0.15, -0.1) is 11.3 Å². The van der Waals surface area contributed by atoms with Crippen LogP contribution in [0.5, 0.6) is 0 Å². The van der Waals surface area contributed by atoms with E-state index in [0.717, 1.165) is 4.88 Å². The van der Waals surface area contributed by atoms with Crippen LogP contribution in [0.1, 0.15) is 30.7 Å². The molecule has 2 N–H and O–H groups in total. The number of hydrogen-bond donors (Lipinski definition) is 2. The Labute approximate surface area is 128 Å². The molecule has 0 aliphatic rings. The largest absolute Gasteiger partial charge is 0.480 e.